The maximum Gasteiger partial charge on any atom is 0.303 e. The molecule has 0 radical (unpaired) electrons. The lowest BCUT2D eigenvalue weighted by molar-refractivity contribution is 0.413. The third-order valence-electron chi connectivity index (χ3n) is 2.91. The molecular weight excluding hydrogens is 308 g/mol. The van der Waals surface area contributed by atoms with Crippen molar-refractivity contribution in [3.8, 4) is 0 Å². The van der Waals surface area contributed by atoms with E-state index >= 15 is 0 Å². The molecule has 6 nitrogen and oxygen atoms in total. The second kappa shape index (κ2) is 6.59. The van der Waals surface area contributed by atoms with Gasteiger partial charge in [0.05, 0.1) is 10.2 Å². The summed E-state index contributed by atoms with van der Waals surface area (Å²) in [5.74, 6) is 0. The van der Waals surface area contributed by atoms with Gasteiger partial charge >= 0.3 is 10.2 Å². The van der Waals surface area contributed by atoms with E-state index in [-0.39, 0.29) is 0 Å². The zero-order chi connectivity index (χ0) is 15.5. The number of fused-ring (bicyclic) bond motifs is 1. The van der Waals surface area contributed by atoms with Crippen molar-refractivity contribution in [3.05, 3.63) is 18.2 Å². The fraction of sp³-hybridized carbons (Fsp3) is 0.462. The molecule has 1 aromatic heterocycles. The van der Waals surface area contributed by atoms with Gasteiger partial charge in [-0.1, -0.05) is 25.2 Å². The van der Waals surface area contributed by atoms with Crippen molar-refractivity contribution >= 4 is 42.6 Å². The van der Waals surface area contributed by atoms with Gasteiger partial charge in [0.15, 0.2) is 5.13 Å². The first kappa shape index (κ1) is 16.0. The van der Waals surface area contributed by atoms with E-state index in [1.807, 2.05) is 13.8 Å². The Balaban J connectivity index is 2.24. The number of hydrogen-bond acceptors (Lipinski definition) is 5. The molecule has 0 aliphatic carbocycles. The topological polar surface area (TPSA) is 88.3 Å². The molecule has 0 unspecified atom stereocenters. The maximum atomic E-state index is 12.4. The minimum Gasteiger partial charge on any atom is -0.399 e. The summed E-state index contributed by atoms with van der Waals surface area (Å²) in [5.41, 5.74) is 7.10. The number of nitrogen functional groups attached to an aromatic ring is 1. The molecule has 0 amide bonds. The second-order valence-electron chi connectivity index (χ2n) is 4.75. The molecule has 2 rings (SSSR count). The highest BCUT2D eigenvalue weighted by Gasteiger charge is 2.21. The third-order valence-corrected chi connectivity index (χ3v) is 5.47. The van der Waals surface area contributed by atoms with Crippen molar-refractivity contribution in [2.45, 2.75) is 26.7 Å². The summed E-state index contributed by atoms with van der Waals surface area (Å²) in [5, 5.41) is 0.368. The van der Waals surface area contributed by atoms with Gasteiger partial charge < -0.3 is 5.73 Å². The van der Waals surface area contributed by atoms with E-state index in [1.54, 1.807) is 18.2 Å². The van der Waals surface area contributed by atoms with Crippen LogP contribution >= 0.6 is 11.3 Å². The van der Waals surface area contributed by atoms with Crippen LogP contribution in [0.4, 0.5) is 10.8 Å². The van der Waals surface area contributed by atoms with Crippen LogP contribution in [0.15, 0.2) is 18.2 Å². The number of hydrogen-bond donors (Lipinski definition) is 2. The van der Waals surface area contributed by atoms with E-state index in [1.165, 1.54) is 15.6 Å². The van der Waals surface area contributed by atoms with Gasteiger partial charge in [-0.25, -0.2) is 9.71 Å². The van der Waals surface area contributed by atoms with Gasteiger partial charge in [-0.05, 0) is 31.0 Å². The number of aromatic nitrogens is 1. The first-order valence-corrected chi connectivity index (χ1v) is 9.16. The van der Waals surface area contributed by atoms with Crippen LogP contribution in [0.1, 0.15) is 26.7 Å². The molecule has 1 heterocycles. The molecule has 1 aromatic carbocycles. The predicted octanol–water partition coefficient (Wildman–Crippen LogP) is 2.66. The van der Waals surface area contributed by atoms with Crippen LogP contribution in [-0.2, 0) is 10.2 Å². The van der Waals surface area contributed by atoms with E-state index < -0.39 is 10.2 Å². The number of rotatable bonds is 7. The van der Waals surface area contributed by atoms with Gasteiger partial charge in [0, 0.05) is 18.8 Å². The van der Waals surface area contributed by atoms with E-state index in [0.717, 1.165) is 23.1 Å². The minimum atomic E-state index is -3.56. The average molecular weight is 328 g/mol. The van der Waals surface area contributed by atoms with Crippen molar-refractivity contribution in [2.24, 2.45) is 0 Å². The Bertz CT molecular complexity index is 706. The Morgan fingerprint density at radius 2 is 1.95 bits per heavy atom. The zero-order valence-electron chi connectivity index (χ0n) is 12.2. The van der Waals surface area contributed by atoms with E-state index in [0.29, 0.717) is 23.9 Å². The largest absolute Gasteiger partial charge is 0.399 e. The normalized spacial score (nSPS) is 12.1. The molecule has 0 fully saturated rings. The molecule has 0 spiro atoms. The smallest absolute Gasteiger partial charge is 0.303 e. The summed E-state index contributed by atoms with van der Waals surface area (Å²) in [6.45, 7) is 4.92. The monoisotopic (exact) mass is 328 g/mol. The van der Waals surface area contributed by atoms with Crippen LogP contribution in [0.3, 0.4) is 0 Å². The van der Waals surface area contributed by atoms with Crippen molar-refractivity contribution in [1.82, 2.24) is 9.29 Å². The Morgan fingerprint density at radius 1 is 1.29 bits per heavy atom. The fourth-order valence-electron chi connectivity index (χ4n) is 2.01. The molecule has 116 valence electrons. The summed E-state index contributed by atoms with van der Waals surface area (Å²) in [4.78, 5) is 4.29. The number of nitrogens with two attached hydrogens (primary N) is 1. The van der Waals surface area contributed by atoms with Crippen LogP contribution in [-0.4, -0.2) is 30.8 Å². The van der Waals surface area contributed by atoms with Gasteiger partial charge in [-0.3, -0.25) is 0 Å². The number of nitrogens with zero attached hydrogens (tertiary/aromatic N) is 2. The number of thiazole rings is 1. The van der Waals surface area contributed by atoms with Crippen LogP contribution in [0.25, 0.3) is 10.2 Å². The van der Waals surface area contributed by atoms with Gasteiger partial charge in [-0.15, -0.1) is 0 Å². The molecule has 0 bridgehead atoms. The molecule has 0 aliphatic rings. The van der Waals surface area contributed by atoms with Gasteiger partial charge in [0.2, 0.25) is 0 Å². The summed E-state index contributed by atoms with van der Waals surface area (Å²) < 4.78 is 29.6. The minimum absolute atomic E-state index is 0.368. The highest BCUT2D eigenvalue weighted by atomic mass is 32.2. The zero-order valence-corrected chi connectivity index (χ0v) is 13.8. The van der Waals surface area contributed by atoms with Crippen LogP contribution in [0.5, 0.6) is 0 Å². The van der Waals surface area contributed by atoms with Gasteiger partial charge in [0.25, 0.3) is 0 Å². The van der Waals surface area contributed by atoms with Crippen molar-refractivity contribution in [2.75, 3.05) is 23.5 Å². The Kier molecular flexibility index (Phi) is 5.02. The standard InChI is InChI=1S/C13H20N4O2S2/c1-3-7-17(8-4-2)21(18,19)16-13-15-11-6-5-10(14)9-12(11)20-13/h5-6,9H,3-4,7-8,14H2,1-2H3,(H,15,16). The molecular formula is C13H20N4O2S2. The molecule has 0 saturated carbocycles. The van der Waals surface area contributed by atoms with Gasteiger partial charge in [-0.2, -0.15) is 12.7 Å². The van der Waals surface area contributed by atoms with Crippen molar-refractivity contribution < 1.29 is 8.42 Å². The number of nitrogens with one attached hydrogen (secondary N) is 1. The van der Waals surface area contributed by atoms with E-state index in [2.05, 4.69) is 9.71 Å². The summed E-state index contributed by atoms with van der Waals surface area (Å²) >= 11 is 1.28. The summed E-state index contributed by atoms with van der Waals surface area (Å²) in [6.07, 6.45) is 1.55. The Hall–Kier alpha value is -1.38. The predicted molar refractivity (Wildman–Crippen MR) is 88.7 cm³/mol. The van der Waals surface area contributed by atoms with Crippen molar-refractivity contribution in [3.63, 3.8) is 0 Å². The molecule has 2 aromatic rings. The van der Waals surface area contributed by atoms with E-state index in [4.69, 9.17) is 5.73 Å². The lowest BCUT2D eigenvalue weighted by atomic mass is 10.3. The van der Waals surface area contributed by atoms with E-state index in [9.17, 15) is 8.42 Å². The lowest BCUT2D eigenvalue weighted by Gasteiger charge is -2.20. The molecule has 3 N–H and O–H groups in total. The van der Waals surface area contributed by atoms with Crippen LogP contribution in [0, 0.1) is 0 Å². The molecule has 0 aliphatic heterocycles. The molecule has 8 heteroatoms. The number of anilines is 2. The highest BCUT2D eigenvalue weighted by molar-refractivity contribution is 7.90. The average Bonchev–Trinajstić information content (AvgIpc) is 2.78. The quantitative estimate of drug-likeness (QED) is 0.765. The Morgan fingerprint density at radius 3 is 2.57 bits per heavy atom. The number of benzene rings is 1. The Labute approximate surface area is 129 Å². The van der Waals surface area contributed by atoms with Crippen LogP contribution in [0.2, 0.25) is 0 Å². The molecule has 0 atom stereocenters. The second-order valence-corrected chi connectivity index (χ2v) is 7.45. The van der Waals surface area contributed by atoms with Crippen LogP contribution < -0.4 is 10.5 Å². The third kappa shape index (κ3) is 3.84. The fourth-order valence-corrected chi connectivity index (χ4v) is 4.50. The maximum absolute atomic E-state index is 12.4. The summed E-state index contributed by atoms with van der Waals surface area (Å²) in [7, 11) is -3.56. The first-order valence-electron chi connectivity index (χ1n) is 6.90. The molecule has 0 saturated heterocycles. The molecule has 21 heavy (non-hydrogen) atoms. The van der Waals surface area contributed by atoms with Crippen molar-refractivity contribution in [1.29, 1.82) is 0 Å². The lowest BCUT2D eigenvalue weighted by Crippen LogP contribution is -2.37. The summed E-state index contributed by atoms with van der Waals surface area (Å²) in [6, 6.07) is 5.33. The SMILES string of the molecule is CCCN(CCC)S(=O)(=O)Nc1nc2ccc(N)cc2s1. The highest BCUT2D eigenvalue weighted by Crippen LogP contribution is 2.28. The van der Waals surface area contributed by atoms with Gasteiger partial charge in [0.1, 0.15) is 0 Å². The first-order chi connectivity index (χ1) is 9.96.